The van der Waals surface area contributed by atoms with E-state index in [0.717, 1.165) is 11.1 Å². The maximum atomic E-state index is 12.7. The normalized spacial score (nSPS) is 11.9. The van der Waals surface area contributed by atoms with Gasteiger partial charge in [0.15, 0.2) is 6.10 Å². The van der Waals surface area contributed by atoms with E-state index in [1.165, 1.54) is 31.2 Å². The molecular formula is C24H24N2O5S. The standard InChI is InChI=1S/C24H24N2O5S/c1-17-11-13-21(14-12-17)26-32(29,30)22-10-6-9-20(15-22)24(28)31-18(2)23(27)25-16-19-7-4-3-5-8-19/h3-15,18,26H,16H2,1-2H3,(H,25,27). The van der Waals surface area contributed by atoms with Crippen LogP contribution in [0.15, 0.2) is 83.8 Å². The highest BCUT2D eigenvalue weighted by Crippen LogP contribution is 2.18. The molecule has 3 aromatic rings. The minimum atomic E-state index is -3.90. The van der Waals surface area contributed by atoms with Crippen molar-refractivity contribution in [2.75, 3.05) is 4.72 Å². The van der Waals surface area contributed by atoms with Crippen LogP contribution in [0.2, 0.25) is 0 Å². The maximum absolute atomic E-state index is 12.7. The third-order valence-electron chi connectivity index (χ3n) is 4.65. The topological polar surface area (TPSA) is 102 Å². The van der Waals surface area contributed by atoms with E-state index in [1.54, 1.807) is 24.3 Å². The lowest BCUT2D eigenvalue weighted by Gasteiger charge is -2.14. The Kier molecular flexibility index (Phi) is 7.27. The molecule has 0 aliphatic rings. The molecule has 166 valence electrons. The van der Waals surface area contributed by atoms with Gasteiger partial charge in [0.05, 0.1) is 10.5 Å². The number of hydrogen-bond donors (Lipinski definition) is 2. The quantitative estimate of drug-likeness (QED) is 0.508. The van der Waals surface area contributed by atoms with Gasteiger partial charge in [-0.1, -0.05) is 54.1 Å². The van der Waals surface area contributed by atoms with Crippen LogP contribution in [0.3, 0.4) is 0 Å². The van der Waals surface area contributed by atoms with Crippen molar-refractivity contribution in [3.8, 4) is 0 Å². The fourth-order valence-corrected chi connectivity index (χ4v) is 3.94. The molecule has 1 atom stereocenters. The van der Waals surface area contributed by atoms with E-state index in [-0.39, 0.29) is 10.5 Å². The number of esters is 1. The van der Waals surface area contributed by atoms with E-state index >= 15 is 0 Å². The molecule has 1 amide bonds. The molecule has 0 spiro atoms. The Hall–Kier alpha value is -3.65. The molecule has 0 saturated carbocycles. The molecule has 0 fully saturated rings. The van der Waals surface area contributed by atoms with Gasteiger partial charge in [-0.2, -0.15) is 0 Å². The lowest BCUT2D eigenvalue weighted by molar-refractivity contribution is -0.129. The fourth-order valence-electron chi connectivity index (χ4n) is 2.84. The SMILES string of the molecule is Cc1ccc(NS(=O)(=O)c2cccc(C(=O)OC(C)C(=O)NCc3ccccc3)c2)cc1. The zero-order valence-electron chi connectivity index (χ0n) is 17.7. The van der Waals surface area contributed by atoms with Crippen molar-refractivity contribution in [2.45, 2.75) is 31.4 Å². The molecule has 0 bridgehead atoms. The summed E-state index contributed by atoms with van der Waals surface area (Å²) in [6.07, 6.45) is -1.04. The molecular weight excluding hydrogens is 428 g/mol. The largest absolute Gasteiger partial charge is 0.449 e. The summed E-state index contributed by atoms with van der Waals surface area (Å²) in [6, 6.07) is 21.7. The van der Waals surface area contributed by atoms with Crippen LogP contribution in [0.1, 0.15) is 28.4 Å². The third kappa shape index (κ3) is 6.18. The second-order valence-electron chi connectivity index (χ2n) is 7.25. The lowest BCUT2D eigenvalue weighted by Crippen LogP contribution is -2.35. The van der Waals surface area contributed by atoms with Gasteiger partial charge in [0.1, 0.15) is 0 Å². The van der Waals surface area contributed by atoms with Gasteiger partial charge >= 0.3 is 5.97 Å². The zero-order valence-corrected chi connectivity index (χ0v) is 18.6. The number of amides is 1. The Morgan fingerprint density at radius 1 is 0.938 bits per heavy atom. The molecule has 0 aliphatic heterocycles. The predicted octanol–water partition coefficient (Wildman–Crippen LogP) is 3.66. The van der Waals surface area contributed by atoms with Crippen LogP contribution in [0.5, 0.6) is 0 Å². The first-order chi connectivity index (χ1) is 15.2. The summed E-state index contributed by atoms with van der Waals surface area (Å²) in [6.45, 7) is 3.66. The minimum Gasteiger partial charge on any atom is -0.449 e. The summed E-state index contributed by atoms with van der Waals surface area (Å²) in [4.78, 5) is 24.6. The Morgan fingerprint density at radius 3 is 2.31 bits per heavy atom. The molecule has 32 heavy (non-hydrogen) atoms. The smallest absolute Gasteiger partial charge is 0.338 e. The van der Waals surface area contributed by atoms with Gasteiger partial charge in [0.2, 0.25) is 0 Å². The van der Waals surface area contributed by atoms with Crippen LogP contribution < -0.4 is 10.0 Å². The maximum Gasteiger partial charge on any atom is 0.338 e. The first-order valence-electron chi connectivity index (χ1n) is 9.97. The number of carbonyl (C=O) groups is 2. The van der Waals surface area contributed by atoms with Gasteiger partial charge in [-0.05, 0) is 49.7 Å². The van der Waals surface area contributed by atoms with Crippen LogP contribution in [-0.4, -0.2) is 26.4 Å². The van der Waals surface area contributed by atoms with Gasteiger partial charge in [-0.15, -0.1) is 0 Å². The molecule has 0 aliphatic carbocycles. The van der Waals surface area contributed by atoms with Gasteiger partial charge < -0.3 is 10.1 Å². The van der Waals surface area contributed by atoms with Crippen molar-refractivity contribution in [3.63, 3.8) is 0 Å². The predicted molar refractivity (Wildman–Crippen MR) is 122 cm³/mol. The van der Waals surface area contributed by atoms with Crippen molar-refractivity contribution in [1.82, 2.24) is 5.32 Å². The first-order valence-corrected chi connectivity index (χ1v) is 11.4. The van der Waals surface area contributed by atoms with E-state index in [4.69, 9.17) is 4.74 Å². The van der Waals surface area contributed by atoms with Crippen molar-refractivity contribution < 1.29 is 22.7 Å². The number of aryl methyl sites for hydroxylation is 1. The summed E-state index contributed by atoms with van der Waals surface area (Å²) < 4.78 is 33.1. The monoisotopic (exact) mass is 452 g/mol. The van der Waals surface area contributed by atoms with Gasteiger partial charge in [-0.25, -0.2) is 13.2 Å². The highest BCUT2D eigenvalue weighted by Gasteiger charge is 2.21. The number of hydrogen-bond acceptors (Lipinski definition) is 5. The second-order valence-corrected chi connectivity index (χ2v) is 8.93. The summed E-state index contributed by atoms with van der Waals surface area (Å²) in [5, 5.41) is 2.70. The van der Waals surface area contributed by atoms with Crippen LogP contribution >= 0.6 is 0 Å². The third-order valence-corrected chi connectivity index (χ3v) is 6.03. The Bertz CT molecular complexity index is 1190. The average molecular weight is 453 g/mol. The number of carbonyl (C=O) groups excluding carboxylic acids is 2. The fraction of sp³-hybridized carbons (Fsp3) is 0.167. The van der Waals surface area contributed by atoms with E-state index in [1.807, 2.05) is 37.3 Å². The molecule has 0 aromatic heterocycles. The number of rotatable bonds is 8. The van der Waals surface area contributed by atoms with Crippen molar-refractivity contribution in [3.05, 3.63) is 95.6 Å². The molecule has 8 heteroatoms. The highest BCUT2D eigenvalue weighted by atomic mass is 32.2. The number of sulfonamides is 1. The van der Waals surface area contributed by atoms with Crippen molar-refractivity contribution >= 4 is 27.6 Å². The molecule has 2 N–H and O–H groups in total. The average Bonchev–Trinajstić information content (AvgIpc) is 2.79. The molecule has 7 nitrogen and oxygen atoms in total. The number of benzene rings is 3. The molecule has 1 unspecified atom stereocenters. The molecule has 0 heterocycles. The van der Waals surface area contributed by atoms with Crippen LogP contribution in [0, 0.1) is 6.92 Å². The Labute approximate surface area is 187 Å². The van der Waals surface area contributed by atoms with Gasteiger partial charge in [-0.3, -0.25) is 9.52 Å². The van der Waals surface area contributed by atoms with E-state index in [2.05, 4.69) is 10.0 Å². The summed E-state index contributed by atoms with van der Waals surface area (Å²) in [5.74, 6) is -1.24. The van der Waals surface area contributed by atoms with Gasteiger partial charge in [0.25, 0.3) is 15.9 Å². The Morgan fingerprint density at radius 2 is 1.62 bits per heavy atom. The summed E-state index contributed by atoms with van der Waals surface area (Å²) in [5.41, 5.74) is 2.35. The molecule has 3 rings (SSSR count). The summed E-state index contributed by atoms with van der Waals surface area (Å²) in [7, 11) is -3.90. The van der Waals surface area contributed by atoms with Crippen molar-refractivity contribution in [2.24, 2.45) is 0 Å². The number of anilines is 1. The highest BCUT2D eigenvalue weighted by molar-refractivity contribution is 7.92. The van der Waals surface area contributed by atoms with Crippen molar-refractivity contribution in [1.29, 1.82) is 0 Å². The van der Waals surface area contributed by atoms with E-state index in [9.17, 15) is 18.0 Å². The molecule has 3 aromatic carbocycles. The Balaban J connectivity index is 1.63. The first kappa shape index (κ1) is 23.0. The lowest BCUT2D eigenvalue weighted by atomic mass is 10.2. The van der Waals surface area contributed by atoms with E-state index < -0.39 is 28.0 Å². The number of ether oxygens (including phenoxy) is 1. The van der Waals surface area contributed by atoms with Gasteiger partial charge in [0, 0.05) is 12.2 Å². The second kappa shape index (κ2) is 10.1. The molecule has 0 saturated heterocycles. The minimum absolute atomic E-state index is 0.0273. The van der Waals surface area contributed by atoms with Crippen LogP contribution in [0.25, 0.3) is 0 Å². The van der Waals surface area contributed by atoms with Crippen LogP contribution in [-0.2, 0) is 26.1 Å². The number of nitrogens with one attached hydrogen (secondary N) is 2. The summed E-state index contributed by atoms with van der Waals surface area (Å²) >= 11 is 0. The van der Waals surface area contributed by atoms with E-state index in [0.29, 0.717) is 12.2 Å². The molecule has 0 radical (unpaired) electrons. The zero-order chi connectivity index (χ0) is 23.1. The van der Waals surface area contributed by atoms with Crippen LogP contribution in [0.4, 0.5) is 5.69 Å².